The van der Waals surface area contributed by atoms with E-state index in [9.17, 15) is 9.59 Å². The second kappa shape index (κ2) is 5.11. The van der Waals surface area contributed by atoms with Crippen molar-refractivity contribution in [1.82, 2.24) is 15.3 Å². The van der Waals surface area contributed by atoms with Crippen molar-refractivity contribution in [2.24, 2.45) is 0 Å². The SMILES string of the molecule is CC(C)=CCNC(=O)c1nc[nH]c1C(=O)O. The molecule has 1 aromatic heterocycles. The molecule has 86 valence electrons. The number of allylic oxidation sites excluding steroid dienone is 1. The van der Waals surface area contributed by atoms with Gasteiger partial charge in [-0.25, -0.2) is 9.78 Å². The van der Waals surface area contributed by atoms with Gasteiger partial charge in [0.05, 0.1) is 6.33 Å². The fraction of sp³-hybridized carbons (Fsp3) is 0.300. The highest BCUT2D eigenvalue weighted by Crippen LogP contribution is 2.02. The van der Waals surface area contributed by atoms with Crippen molar-refractivity contribution in [3.05, 3.63) is 29.4 Å². The second-order valence-electron chi connectivity index (χ2n) is 3.42. The summed E-state index contributed by atoms with van der Waals surface area (Å²) in [7, 11) is 0. The van der Waals surface area contributed by atoms with Gasteiger partial charge in [0.1, 0.15) is 0 Å². The zero-order valence-electron chi connectivity index (χ0n) is 9.07. The van der Waals surface area contributed by atoms with Crippen LogP contribution in [0, 0.1) is 0 Å². The molecule has 0 saturated heterocycles. The normalized spacial score (nSPS) is 9.62. The zero-order chi connectivity index (χ0) is 12.1. The third-order valence-electron chi connectivity index (χ3n) is 1.84. The molecule has 0 aliphatic rings. The van der Waals surface area contributed by atoms with Gasteiger partial charge in [-0.3, -0.25) is 4.79 Å². The highest BCUT2D eigenvalue weighted by molar-refractivity contribution is 6.02. The summed E-state index contributed by atoms with van der Waals surface area (Å²) < 4.78 is 0. The molecule has 1 rings (SSSR count). The minimum atomic E-state index is -1.20. The summed E-state index contributed by atoms with van der Waals surface area (Å²) in [5, 5.41) is 11.3. The number of amides is 1. The van der Waals surface area contributed by atoms with Gasteiger partial charge in [-0.2, -0.15) is 0 Å². The van der Waals surface area contributed by atoms with E-state index in [-0.39, 0.29) is 11.4 Å². The van der Waals surface area contributed by atoms with E-state index in [4.69, 9.17) is 5.11 Å². The van der Waals surface area contributed by atoms with Crippen LogP contribution in [0.15, 0.2) is 18.0 Å². The molecule has 0 spiro atoms. The Morgan fingerprint density at radius 2 is 2.25 bits per heavy atom. The van der Waals surface area contributed by atoms with Gasteiger partial charge in [-0.05, 0) is 13.8 Å². The van der Waals surface area contributed by atoms with Crippen molar-refractivity contribution in [3.63, 3.8) is 0 Å². The van der Waals surface area contributed by atoms with Crippen LogP contribution in [0.3, 0.4) is 0 Å². The molecule has 6 nitrogen and oxygen atoms in total. The van der Waals surface area contributed by atoms with Crippen LogP contribution >= 0.6 is 0 Å². The van der Waals surface area contributed by atoms with Crippen LogP contribution in [0.25, 0.3) is 0 Å². The van der Waals surface area contributed by atoms with Gasteiger partial charge < -0.3 is 15.4 Å². The van der Waals surface area contributed by atoms with Gasteiger partial charge in [0.15, 0.2) is 11.4 Å². The monoisotopic (exact) mass is 223 g/mol. The van der Waals surface area contributed by atoms with Crippen LogP contribution in [0.4, 0.5) is 0 Å². The number of hydrogen-bond donors (Lipinski definition) is 3. The number of aromatic carboxylic acids is 1. The van der Waals surface area contributed by atoms with Crippen molar-refractivity contribution in [2.75, 3.05) is 6.54 Å². The molecule has 1 aromatic rings. The van der Waals surface area contributed by atoms with Crippen LogP contribution in [-0.2, 0) is 0 Å². The number of nitrogens with one attached hydrogen (secondary N) is 2. The maximum absolute atomic E-state index is 11.5. The van der Waals surface area contributed by atoms with Gasteiger partial charge >= 0.3 is 5.97 Å². The fourth-order valence-corrected chi connectivity index (χ4v) is 1.06. The first kappa shape index (κ1) is 12.0. The number of nitrogens with zero attached hydrogens (tertiary/aromatic N) is 1. The minimum Gasteiger partial charge on any atom is -0.477 e. The Bertz CT molecular complexity index is 430. The number of imidazole rings is 1. The predicted octanol–water partition coefficient (Wildman–Crippen LogP) is 0.804. The Kier molecular flexibility index (Phi) is 3.82. The van der Waals surface area contributed by atoms with E-state index in [0.29, 0.717) is 6.54 Å². The highest BCUT2D eigenvalue weighted by Gasteiger charge is 2.18. The first-order chi connectivity index (χ1) is 7.52. The molecule has 0 fully saturated rings. The molecule has 0 unspecified atom stereocenters. The van der Waals surface area contributed by atoms with E-state index in [0.717, 1.165) is 5.57 Å². The third-order valence-corrected chi connectivity index (χ3v) is 1.84. The summed E-state index contributed by atoms with van der Waals surface area (Å²) in [5.74, 6) is -1.71. The van der Waals surface area contributed by atoms with Crippen molar-refractivity contribution in [3.8, 4) is 0 Å². The number of hydrogen-bond acceptors (Lipinski definition) is 3. The lowest BCUT2D eigenvalue weighted by atomic mass is 10.3. The first-order valence-corrected chi connectivity index (χ1v) is 4.70. The average molecular weight is 223 g/mol. The average Bonchev–Trinajstić information content (AvgIpc) is 2.65. The summed E-state index contributed by atoms with van der Waals surface area (Å²) in [6.07, 6.45) is 3.00. The van der Waals surface area contributed by atoms with Gasteiger partial charge in [-0.1, -0.05) is 11.6 Å². The molecule has 0 atom stereocenters. The largest absolute Gasteiger partial charge is 0.477 e. The second-order valence-corrected chi connectivity index (χ2v) is 3.42. The number of carboxylic acids is 1. The number of carbonyl (C=O) groups is 2. The highest BCUT2D eigenvalue weighted by atomic mass is 16.4. The molecular weight excluding hydrogens is 210 g/mol. The van der Waals surface area contributed by atoms with E-state index in [1.807, 2.05) is 19.9 Å². The lowest BCUT2D eigenvalue weighted by Gasteiger charge is -2.00. The van der Waals surface area contributed by atoms with E-state index in [1.54, 1.807) is 0 Å². The van der Waals surface area contributed by atoms with Crippen molar-refractivity contribution in [1.29, 1.82) is 0 Å². The summed E-state index contributed by atoms with van der Waals surface area (Å²) in [4.78, 5) is 28.3. The molecule has 6 heteroatoms. The Morgan fingerprint density at radius 1 is 1.56 bits per heavy atom. The summed E-state index contributed by atoms with van der Waals surface area (Å²) in [6, 6.07) is 0. The van der Waals surface area contributed by atoms with E-state index >= 15 is 0 Å². The third kappa shape index (κ3) is 2.94. The van der Waals surface area contributed by atoms with Crippen LogP contribution in [0.5, 0.6) is 0 Å². The molecule has 16 heavy (non-hydrogen) atoms. The Morgan fingerprint density at radius 3 is 2.81 bits per heavy atom. The Balaban J connectivity index is 2.70. The number of aromatic amines is 1. The van der Waals surface area contributed by atoms with Crippen LogP contribution in [0.2, 0.25) is 0 Å². The maximum Gasteiger partial charge on any atom is 0.354 e. The summed E-state index contributed by atoms with van der Waals surface area (Å²) >= 11 is 0. The molecule has 3 N–H and O–H groups in total. The van der Waals surface area contributed by atoms with Crippen LogP contribution in [0.1, 0.15) is 34.8 Å². The van der Waals surface area contributed by atoms with Gasteiger partial charge in [0.25, 0.3) is 5.91 Å². The summed E-state index contributed by atoms with van der Waals surface area (Å²) in [6.45, 7) is 4.17. The zero-order valence-corrected chi connectivity index (χ0v) is 9.07. The molecule has 0 aliphatic heterocycles. The predicted molar refractivity (Wildman–Crippen MR) is 57.3 cm³/mol. The van der Waals surface area contributed by atoms with Crippen molar-refractivity contribution < 1.29 is 14.7 Å². The standard InChI is InChI=1S/C10H13N3O3/c1-6(2)3-4-11-9(14)7-8(10(15)16)13-5-12-7/h3,5H,4H2,1-2H3,(H,11,14)(H,12,13)(H,15,16). The fourth-order valence-electron chi connectivity index (χ4n) is 1.06. The topological polar surface area (TPSA) is 95.1 Å². The van der Waals surface area contributed by atoms with Gasteiger partial charge in [0, 0.05) is 6.54 Å². The number of aromatic nitrogens is 2. The number of carboxylic acid groups (broad SMARTS) is 1. The van der Waals surface area contributed by atoms with Gasteiger partial charge in [-0.15, -0.1) is 0 Å². The van der Waals surface area contributed by atoms with Gasteiger partial charge in [0.2, 0.25) is 0 Å². The van der Waals surface area contributed by atoms with E-state index in [2.05, 4.69) is 15.3 Å². The number of H-pyrrole nitrogens is 1. The molecule has 0 aromatic carbocycles. The lowest BCUT2D eigenvalue weighted by molar-refractivity contribution is 0.0685. The molecule has 1 heterocycles. The Labute approximate surface area is 92.4 Å². The molecule has 0 radical (unpaired) electrons. The Hall–Kier alpha value is -2.11. The summed E-state index contributed by atoms with van der Waals surface area (Å²) in [5.41, 5.74) is 0.769. The maximum atomic E-state index is 11.5. The molecule has 0 aliphatic carbocycles. The number of rotatable bonds is 4. The smallest absolute Gasteiger partial charge is 0.354 e. The quantitative estimate of drug-likeness (QED) is 0.658. The lowest BCUT2D eigenvalue weighted by Crippen LogP contribution is -2.25. The van der Waals surface area contributed by atoms with Crippen LogP contribution in [-0.4, -0.2) is 33.5 Å². The number of carbonyl (C=O) groups excluding carboxylic acids is 1. The first-order valence-electron chi connectivity index (χ1n) is 4.70. The van der Waals surface area contributed by atoms with Crippen molar-refractivity contribution >= 4 is 11.9 Å². The molecule has 1 amide bonds. The minimum absolute atomic E-state index is 0.102. The van der Waals surface area contributed by atoms with E-state index < -0.39 is 11.9 Å². The van der Waals surface area contributed by atoms with E-state index in [1.165, 1.54) is 6.33 Å². The van der Waals surface area contributed by atoms with Crippen molar-refractivity contribution in [2.45, 2.75) is 13.8 Å². The van der Waals surface area contributed by atoms with Crippen LogP contribution < -0.4 is 5.32 Å². The molecule has 0 saturated carbocycles. The molecular formula is C10H13N3O3. The molecule has 0 bridgehead atoms.